The van der Waals surface area contributed by atoms with E-state index in [-0.39, 0.29) is 34.6 Å². The van der Waals surface area contributed by atoms with Crippen molar-refractivity contribution in [1.29, 1.82) is 0 Å². The van der Waals surface area contributed by atoms with Crippen molar-refractivity contribution in [3.8, 4) is 0 Å². The first-order valence-electron chi connectivity index (χ1n) is 7.67. The molecule has 1 amide bonds. The number of sulfone groups is 1. The third-order valence-corrected chi connectivity index (χ3v) is 6.72. The summed E-state index contributed by atoms with van der Waals surface area (Å²) in [6.07, 6.45) is 2.85. The first-order chi connectivity index (χ1) is 10.7. The van der Waals surface area contributed by atoms with Gasteiger partial charge < -0.3 is 16.0 Å². The van der Waals surface area contributed by atoms with Crippen molar-refractivity contribution in [2.45, 2.75) is 37.5 Å². The standard InChI is InChI=1S/C14H28N4O3S2/c1-14(2,22-4)10-17-13(15-3)16-7-5-12(19)18-11-6-8-23(20,21)9-11/h11H,5-10H2,1-4H3,(H,18,19)(H2,15,16,17). The molecule has 0 aromatic heterocycles. The molecule has 0 bridgehead atoms. The lowest BCUT2D eigenvalue weighted by Gasteiger charge is -2.23. The topological polar surface area (TPSA) is 99.7 Å². The lowest BCUT2D eigenvalue weighted by atomic mass is 10.2. The second-order valence-electron chi connectivity index (χ2n) is 6.23. The molecule has 3 N–H and O–H groups in total. The van der Waals surface area contributed by atoms with Crippen LogP contribution in [0.3, 0.4) is 0 Å². The van der Waals surface area contributed by atoms with Gasteiger partial charge in [-0.15, -0.1) is 0 Å². The summed E-state index contributed by atoms with van der Waals surface area (Å²) in [4.78, 5) is 16.0. The summed E-state index contributed by atoms with van der Waals surface area (Å²) in [6, 6.07) is -0.243. The van der Waals surface area contributed by atoms with Gasteiger partial charge in [0.1, 0.15) is 0 Å². The molecule has 23 heavy (non-hydrogen) atoms. The molecule has 0 aromatic carbocycles. The number of hydrogen-bond donors (Lipinski definition) is 3. The second-order valence-corrected chi connectivity index (χ2v) is 9.98. The molecule has 9 heteroatoms. The highest BCUT2D eigenvalue weighted by molar-refractivity contribution is 7.99. The van der Waals surface area contributed by atoms with Gasteiger partial charge in [-0.25, -0.2) is 8.42 Å². The third-order valence-electron chi connectivity index (χ3n) is 3.70. The Morgan fingerprint density at radius 3 is 2.57 bits per heavy atom. The van der Waals surface area contributed by atoms with Crippen LogP contribution in [0.2, 0.25) is 0 Å². The zero-order valence-corrected chi connectivity index (χ0v) is 15.9. The van der Waals surface area contributed by atoms with E-state index in [1.54, 1.807) is 18.8 Å². The minimum atomic E-state index is -2.96. The number of nitrogens with zero attached hydrogens (tertiary/aromatic N) is 1. The molecule has 0 aromatic rings. The van der Waals surface area contributed by atoms with E-state index in [1.165, 1.54) is 0 Å². The smallest absolute Gasteiger partial charge is 0.222 e. The Morgan fingerprint density at radius 2 is 2.04 bits per heavy atom. The van der Waals surface area contributed by atoms with Crippen LogP contribution in [0.1, 0.15) is 26.7 Å². The van der Waals surface area contributed by atoms with Gasteiger partial charge in [0, 0.05) is 37.3 Å². The maximum Gasteiger partial charge on any atom is 0.222 e. The van der Waals surface area contributed by atoms with Crippen molar-refractivity contribution in [2.24, 2.45) is 4.99 Å². The molecule has 1 aliphatic heterocycles. The van der Waals surface area contributed by atoms with Crippen molar-refractivity contribution < 1.29 is 13.2 Å². The van der Waals surface area contributed by atoms with Crippen molar-refractivity contribution >= 4 is 33.5 Å². The Labute approximate surface area is 143 Å². The van der Waals surface area contributed by atoms with Gasteiger partial charge in [0.05, 0.1) is 11.5 Å². The van der Waals surface area contributed by atoms with Gasteiger partial charge in [-0.3, -0.25) is 9.79 Å². The fraction of sp³-hybridized carbons (Fsp3) is 0.857. The van der Waals surface area contributed by atoms with Crippen molar-refractivity contribution in [3.63, 3.8) is 0 Å². The van der Waals surface area contributed by atoms with Gasteiger partial charge in [0.15, 0.2) is 15.8 Å². The molecule has 1 fully saturated rings. The Hall–Kier alpha value is -0.960. The average molecular weight is 365 g/mol. The molecule has 134 valence electrons. The third kappa shape index (κ3) is 7.92. The SMILES string of the molecule is CN=C(NCCC(=O)NC1CCS(=O)(=O)C1)NCC(C)(C)SC. The average Bonchev–Trinajstić information content (AvgIpc) is 2.81. The molecule has 7 nitrogen and oxygen atoms in total. The van der Waals surface area contributed by atoms with Crippen LogP contribution >= 0.6 is 11.8 Å². The Morgan fingerprint density at radius 1 is 1.35 bits per heavy atom. The second kappa shape index (κ2) is 8.77. The zero-order chi connectivity index (χ0) is 17.5. The van der Waals surface area contributed by atoms with E-state index in [2.05, 4.69) is 41.0 Å². The normalized spacial score (nSPS) is 21.0. The summed E-state index contributed by atoms with van der Waals surface area (Å²) in [5.41, 5.74) is 0. The van der Waals surface area contributed by atoms with E-state index in [9.17, 15) is 13.2 Å². The molecule has 1 atom stereocenters. The molecule has 0 spiro atoms. The molecule has 1 unspecified atom stereocenters. The lowest BCUT2D eigenvalue weighted by molar-refractivity contribution is -0.121. The van der Waals surface area contributed by atoms with Gasteiger partial charge in [-0.2, -0.15) is 11.8 Å². The fourth-order valence-corrected chi connectivity index (χ4v) is 3.98. The maximum absolute atomic E-state index is 11.8. The van der Waals surface area contributed by atoms with Gasteiger partial charge in [0.2, 0.25) is 5.91 Å². The van der Waals surface area contributed by atoms with Gasteiger partial charge >= 0.3 is 0 Å². The molecule has 1 aliphatic rings. The molecular weight excluding hydrogens is 336 g/mol. The number of guanidine groups is 1. The Balaban J connectivity index is 2.25. The van der Waals surface area contributed by atoms with Crippen LogP contribution in [0.5, 0.6) is 0 Å². The lowest BCUT2D eigenvalue weighted by Crippen LogP contribution is -2.44. The minimum absolute atomic E-state index is 0.0547. The first kappa shape index (κ1) is 20.1. The summed E-state index contributed by atoms with van der Waals surface area (Å²) in [5, 5.41) is 9.08. The Bertz CT molecular complexity index is 532. The number of rotatable bonds is 7. The molecule has 1 rings (SSSR count). The zero-order valence-electron chi connectivity index (χ0n) is 14.3. The molecule has 0 radical (unpaired) electrons. The highest BCUT2D eigenvalue weighted by Gasteiger charge is 2.28. The summed E-state index contributed by atoms with van der Waals surface area (Å²) in [7, 11) is -1.28. The number of carbonyl (C=O) groups is 1. The van der Waals surface area contributed by atoms with Crippen molar-refractivity contribution in [1.82, 2.24) is 16.0 Å². The molecule has 1 saturated heterocycles. The molecular formula is C14H28N4O3S2. The highest BCUT2D eigenvalue weighted by atomic mass is 32.2. The van der Waals surface area contributed by atoms with Gasteiger partial charge in [0.25, 0.3) is 0 Å². The highest BCUT2D eigenvalue weighted by Crippen LogP contribution is 2.19. The number of hydrogen-bond acceptors (Lipinski definition) is 5. The van der Waals surface area contributed by atoms with Crippen molar-refractivity contribution in [2.75, 3.05) is 37.9 Å². The number of carbonyl (C=O) groups excluding carboxylic acids is 1. The summed E-state index contributed by atoms with van der Waals surface area (Å²) in [5.74, 6) is 0.736. The van der Waals surface area contributed by atoms with E-state index >= 15 is 0 Å². The Kier molecular flexibility index (Phi) is 7.66. The quantitative estimate of drug-likeness (QED) is 0.434. The van der Waals surface area contributed by atoms with Crippen molar-refractivity contribution in [3.05, 3.63) is 0 Å². The predicted octanol–water partition coefficient (Wildman–Crippen LogP) is -0.0136. The summed E-state index contributed by atoms with van der Waals surface area (Å²) >= 11 is 1.77. The number of nitrogens with one attached hydrogen (secondary N) is 3. The minimum Gasteiger partial charge on any atom is -0.356 e. The summed E-state index contributed by atoms with van der Waals surface area (Å²) < 4.78 is 22.8. The van der Waals surface area contributed by atoms with Gasteiger partial charge in [-0.05, 0) is 26.5 Å². The van der Waals surface area contributed by atoms with Crippen LogP contribution in [0, 0.1) is 0 Å². The fourth-order valence-electron chi connectivity index (χ4n) is 2.09. The van der Waals surface area contributed by atoms with E-state index in [4.69, 9.17) is 0 Å². The van der Waals surface area contributed by atoms with Crippen LogP contribution in [-0.4, -0.2) is 69.0 Å². The number of amides is 1. The van der Waals surface area contributed by atoms with E-state index in [0.29, 0.717) is 18.9 Å². The van der Waals surface area contributed by atoms with E-state index < -0.39 is 9.84 Å². The van der Waals surface area contributed by atoms with E-state index in [1.807, 2.05) is 0 Å². The molecule has 0 aliphatic carbocycles. The largest absolute Gasteiger partial charge is 0.356 e. The van der Waals surface area contributed by atoms with Crippen LogP contribution in [0.15, 0.2) is 4.99 Å². The molecule has 0 saturated carbocycles. The first-order valence-corrected chi connectivity index (χ1v) is 10.7. The number of thioether (sulfide) groups is 1. The van der Waals surface area contributed by atoms with Crippen LogP contribution < -0.4 is 16.0 Å². The van der Waals surface area contributed by atoms with Crippen LogP contribution in [-0.2, 0) is 14.6 Å². The van der Waals surface area contributed by atoms with Crippen LogP contribution in [0.4, 0.5) is 0 Å². The molecule has 1 heterocycles. The summed E-state index contributed by atoms with van der Waals surface area (Å²) in [6.45, 7) is 5.49. The monoisotopic (exact) mass is 364 g/mol. The van der Waals surface area contributed by atoms with Gasteiger partial charge in [-0.1, -0.05) is 0 Å². The predicted molar refractivity (Wildman–Crippen MR) is 96.8 cm³/mol. The van der Waals surface area contributed by atoms with Crippen LogP contribution in [0.25, 0.3) is 0 Å². The van der Waals surface area contributed by atoms with E-state index in [0.717, 1.165) is 6.54 Å². The number of aliphatic imine (C=N–C) groups is 1. The maximum atomic E-state index is 11.8.